The van der Waals surface area contributed by atoms with Gasteiger partial charge in [-0.1, -0.05) is 11.6 Å². The number of halogens is 1. The lowest BCUT2D eigenvalue weighted by molar-refractivity contribution is 0.126. The fourth-order valence-corrected chi connectivity index (χ4v) is 4.97. The quantitative estimate of drug-likeness (QED) is 0.510. The molecule has 172 valence electrons. The van der Waals surface area contributed by atoms with Gasteiger partial charge in [0.2, 0.25) is 5.95 Å². The molecule has 1 spiro atoms. The van der Waals surface area contributed by atoms with Gasteiger partial charge in [0.25, 0.3) is 0 Å². The molecule has 0 radical (unpaired) electrons. The molecule has 3 aliphatic rings. The Hall–Kier alpha value is -3.60. The molecule has 1 aromatic carbocycles. The lowest BCUT2D eigenvalue weighted by Crippen LogP contribution is -2.58. The van der Waals surface area contributed by atoms with Gasteiger partial charge < -0.3 is 20.9 Å². The van der Waals surface area contributed by atoms with Gasteiger partial charge in [-0.3, -0.25) is 0 Å². The van der Waals surface area contributed by atoms with Crippen LogP contribution in [-0.4, -0.2) is 51.8 Å². The number of imidazole rings is 1. The predicted octanol–water partition coefficient (Wildman–Crippen LogP) is 3.03. The van der Waals surface area contributed by atoms with Crippen molar-refractivity contribution in [3.05, 3.63) is 34.6 Å². The number of hydrogen-bond acceptors (Lipinski definition) is 9. The molecule has 10 nitrogen and oxygen atoms in total. The van der Waals surface area contributed by atoms with Crippen LogP contribution in [0.5, 0.6) is 0 Å². The number of anilines is 4. The summed E-state index contributed by atoms with van der Waals surface area (Å²) in [5.74, 6) is 0.830. The van der Waals surface area contributed by atoms with Crippen molar-refractivity contribution in [3.8, 4) is 12.1 Å². The van der Waals surface area contributed by atoms with Crippen LogP contribution in [0.15, 0.2) is 18.3 Å². The van der Waals surface area contributed by atoms with Crippen molar-refractivity contribution in [2.45, 2.75) is 31.7 Å². The smallest absolute Gasteiger partial charge is 0.247 e. The van der Waals surface area contributed by atoms with Crippen LogP contribution >= 0.6 is 11.6 Å². The summed E-state index contributed by atoms with van der Waals surface area (Å²) in [7, 11) is 0. The molecule has 1 aliphatic carbocycles. The first-order valence-electron chi connectivity index (χ1n) is 11.5. The maximum atomic E-state index is 9.67. The van der Waals surface area contributed by atoms with Crippen LogP contribution in [0, 0.1) is 28.1 Å². The molecule has 3 fully saturated rings. The van der Waals surface area contributed by atoms with Crippen molar-refractivity contribution < 1.29 is 0 Å². The average molecular weight is 475 g/mol. The van der Waals surface area contributed by atoms with Crippen LogP contribution in [0.1, 0.15) is 36.9 Å². The highest BCUT2D eigenvalue weighted by atomic mass is 35.5. The van der Waals surface area contributed by atoms with E-state index in [1.165, 1.54) is 10.7 Å². The Kier molecular flexibility index (Phi) is 4.94. The summed E-state index contributed by atoms with van der Waals surface area (Å²) in [4.78, 5) is 11.2. The second kappa shape index (κ2) is 8.01. The molecule has 0 amide bonds. The van der Waals surface area contributed by atoms with Gasteiger partial charge in [-0.15, -0.1) is 5.10 Å². The SMILES string of the molecule is N#Cc1cc(Nc2nc(NC3CC3)c3ncc(C#N)n3n2)c(Cl)c(N2CCC3(CC2)CNC3)c1. The topological polar surface area (TPSA) is 130 Å². The number of hydrogen-bond donors (Lipinski definition) is 3. The van der Waals surface area contributed by atoms with E-state index in [4.69, 9.17) is 11.6 Å². The number of fused-ring (bicyclic) bond motifs is 1. The third-order valence-corrected chi connectivity index (χ3v) is 7.39. The summed E-state index contributed by atoms with van der Waals surface area (Å²) in [5, 5.41) is 34.1. The number of nitrogens with zero attached hydrogens (tertiary/aromatic N) is 7. The van der Waals surface area contributed by atoms with E-state index in [1.54, 1.807) is 6.07 Å². The molecule has 2 aliphatic heterocycles. The van der Waals surface area contributed by atoms with E-state index in [0.717, 1.165) is 57.5 Å². The first-order chi connectivity index (χ1) is 16.6. The number of piperidine rings is 1. The van der Waals surface area contributed by atoms with Crippen molar-refractivity contribution in [1.82, 2.24) is 24.9 Å². The summed E-state index contributed by atoms with van der Waals surface area (Å²) >= 11 is 6.86. The number of benzene rings is 1. The number of nitriles is 2. The van der Waals surface area contributed by atoms with E-state index in [1.807, 2.05) is 6.07 Å². The predicted molar refractivity (Wildman–Crippen MR) is 128 cm³/mol. The van der Waals surface area contributed by atoms with Gasteiger partial charge in [0.05, 0.1) is 34.2 Å². The van der Waals surface area contributed by atoms with E-state index >= 15 is 0 Å². The maximum absolute atomic E-state index is 9.67. The zero-order valence-corrected chi connectivity index (χ0v) is 19.2. The minimum atomic E-state index is 0.270. The van der Waals surface area contributed by atoms with Crippen molar-refractivity contribution in [2.75, 3.05) is 41.7 Å². The van der Waals surface area contributed by atoms with E-state index in [2.05, 4.69) is 48.1 Å². The highest BCUT2D eigenvalue weighted by Crippen LogP contribution is 2.41. The van der Waals surface area contributed by atoms with E-state index in [9.17, 15) is 10.5 Å². The molecular formula is C23H23ClN10. The lowest BCUT2D eigenvalue weighted by atomic mass is 9.73. The highest BCUT2D eigenvalue weighted by molar-refractivity contribution is 6.36. The Morgan fingerprint density at radius 1 is 1.15 bits per heavy atom. The van der Waals surface area contributed by atoms with Gasteiger partial charge in [0, 0.05) is 32.2 Å². The summed E-state index contributed by atoms with van der Waals surface area (Å²) in [5.41, 5.74) is 3.11. The second-order valence-electron chi connectivity index (χ2n) is 9.38. The molecule has 3 aromatic rings. The molecule has 2 saturated heterocycles. The van der Waals surface area contributed by atoms with Crippen LogP contribution in [0.4, 0.5) is 23.1 Å². The molecule has 1 saturated carbocycles. The molecule has 0 unspecified atom stereocenters. The van der Waals surface area contributed by atoms with Crippen LogP contribution in [0.25, 0.3) is 5.65 Å². The first kappa shape index (κ1) is 21.0. The van der Waals surface area contributed by atoms with Gasteiger partial charge in [0.1, 0.15) is 6.07 Å². The van der Waals surface area contributed by atoms with Crippen molar-refractivity contribution in [2.24, 2.45) is 5.41 Å². The maximum Gasteiger partial charge on any atom is 0.247 e. The standard InChI is InChI=1S/C23H23ClN10/c24-19-17(7-14(9-25)8-18(19)33-5-3-23(4-6-33)12-27-13-23)30-22-31-20(29-15-1-2-15)21-28-11-16(10-26)34(21)32-22/h7-8,11,15,27H,1-6,12-13H2,(H2,29,30,31,32). The van der Waals surface area contributed by atoms with Crippen LogP contribution in [-0.2, 0) is 0 Å². The largest absolute Gasteiger partial charge is 0.370 e. The third-order valence-electron chi connectivity index (χ3n) is 6.99. The molecule has 4 heterocycles. The summed E-state index contributed by atoms with van der Waals surface area (Å²) < 4.78 is 1.47. The molecule has 2 aromatic heterocycles. The van der Waals surface area contributed by atoms with E-state index < -0.39 is 0 Å². The van der Waals surface area contributed by atoms with Gasteiger partial charge in [-0.05, 0) is 43.2 Å². The Morgan fingerprint density at radius 2 is 1.94 bits per heavy atom. The Morgan fingerprint density at radius 3 is 2.59 bits per heavy atom. The zero-order chi connectivity index (χ0) is 23.3. The normalized spacial score (nSPS) is 18.9. The molecule has 0 bridgehead atoms. The minimum absolute atomic E-state index is 0.270. The first-order valence-corrected chi connectivity index (χ1v) is 11.8. The lowest BCUT2D eigenvalue weighted by Gasteiger charge is -2.49. The molecular weight excluding hydrogens is 452 g/mol. The zero-order valence-electron chi connectivity index (χ0n) is 18.5. The monoisotopic (exact) mass is 474 g/mol. The molecule has 0 atom stereocenters. The fraction of sp³-hybridized carbons (Fsp3) is 0.435. The van der Waals surface area contributed by atoms with Crippen LogP contribution in [0.3, 0.4) is 0 Å². The number of rotatable bonds is 5. The Labute approximate surface area is 201 Å². The Balaban J connectivity index is 1.34. The molecule has 6 rings (SSSR count). The van der Waals surface area contributed by atoms with E-state index in [-0.39, 0.29) is 5.95 Å². The Bertz CT molecular complexity index is 1350. The highest BCUT2D eigenvalue weighted by Gasteiger charge is 2.40. The number of nitrogens with one attached hydrogen (secondary N) is 3. The van der Waals surface area contributed by atoms with Gasteiger partial charge >= 0.3 is 0 Å². The minimum Gasteiger partial charge on any atom is -0.370 e. The summed E-state index contributed by atoms with van der Waals surface area (Å²) in [6.45, 7) is 3.95. The molecule has 3 N–H and O–H groups in total. The number of aromatic nitrogens is 4. The summed E-state index contributed by atoms with van der Waals surface area (Å²) in [6, 6.07) is 8.24. The third kappa shape index (κ3) is 3.65. The summed E-state index contributed by atoms with van der Waals surface area (Å²) in [6.07, 6.45) is 5.81. The van der Waals surface area contributed by atoms with Crippen LogP contribution < -0.4 is 20.9 Å². The van der Waals surface area contributed by atoms with Crippen molar-refractivity contribution in [3.63, 3.8) is 0 Å². The molecule has 11 heteroatoms. The second-order valence-corrected chi connectivity index (χ2v) is 9.76. The van der Waals surface area contributed by atoms with Gasteiger partial charge in [-0.25, -0.2) is 4.98 Å². The van der Waals surface area contributed by atoms with Crippen LogP contribution in [0.2, 0.25) is 5.02 Å². The van der Waals surface area contributed by atoms with Gasteiger partial charge in [0.15, 0.2) is 17.2 Å². The average Bonchev–Trinajstić information content (AvgIpc) is 3.55. The molecule has 34 heavy (non-hydrogen) atoms. The van der Waals surface area contributed by atoms with Crippen molar-refractivity contribution in [1.29, 1.82) is 10.5 Å². The van der Waals surface area contributed by atoms with Crippen molar-refractivity contribution >= 4 is 40.4 Å². The fourth-order valence-electron chi connectivity index (χ4n) is 4.70. The van der Waals surface area contributed by atoms with Gasteiger partial charge in [-0.2, -0.15) is 20.0 Å². The van der Waals surface area contributed by atoms with E-state index in [0.29, 0.717) is 44.9 Å².